The van der Waals surface area contributed by atoms with Gasteiger partial charge in [-0.05, 0) is 77.9 Å². The average molecular weight is 636 g/mol. The first kappa shape index (κ1) is 26.7. The second-order valence-electron chi connectivity index (χ2n) is 7.97. The summed E-state index contributed by atoms with van der Waals surface area (Å²) < 4.78 is 23.9. The number of ether oxygens (including phenoxy) is 4. The molecule has 0 fully saturated rings. The Hall–Kier alpha value is -3.32. The lowest BCUT2D eigenvalue weighted by Gasteiger charge is -2.25. The van der Waals surface area contributed by atoms with Crippen LogP contribution in [-0.4, -0.2) is 43.6 Å². The number of halogens is 1. The number of nitrogens with zero attached hydrogens (tertiary/aromatic N) is 2. The minimum Gasteiger partial charge on any atom is -0.504 e. The molecule has 0 aliphatic carbocycles. The fraction of sp³-hybridized carbons (Fsp3) is 0.269. The van der Waals surface area contributed by atoms with Gasteiger partial charge in [0.2, 0.25) is 0 Å². The van der Waals surface area contributed by atoms with Gasteiger partial charge in [-0.3, -0.25) is 9.36 Å². The second kappa shape index (κ2) is 11.0. The van der Waals surface area contributed by atoms with Gasteiger partial charge < -0.3 is 24.1 Å². The quantitative estimate of drug-likeness (QED) is 0.314. The Labute approximate surface area is 230 Å². The zero-order valence-electron chi connectivity index (χ0n) is 20.8. The third-order valence-corrected chi connectivity index (χ3v) is 7.61. The highest BCUT2D eigenvalue weighted by Crippen LogP contribution is 2.36. The number of hydrogen-bond donors (Lipinski definition) is 1. The van der Waals surface area contributed by atoms with E-state index in [1.54, 1.807) is 50.3 Å². The Kier molecular flexibility index (Phi) is 7.93. The summed E-state index contributed by atoms with van der Waals surface area (Å²) in [5, 5.41) is 10.2. The number of hydrogen-bond acceptors (Lipinski definition) is 9. The van der Waals surface area contributed by atoms with Crippen molar-refractivity contribution >= 4 is 46.0 Å². The smallest absolute Gasteiger partial charge is 0.338 e. The number of aromatic hydroxyl groups is 1. The summed E-state index contributed by atoms with van der Waals surface area (Å²) in [4.78, 5) is 31.9. The Morgan fingerprint density at radius 3 is 2.49 bits per heavy atom. The van der Waals surface area contributed by atoms with E-state index in [-0.39, 0.29) is 23.5 Å². The lowest BCUT2D eigenvalue weighted by molar-refractivity contribution is -0.139. The lowest BCUT2D eigenvalue weighted by Crippen LogP contribution is -2.40. The van der Waals surface area contributed by atoms with Crippen molar-refractivity contribution < 1.29 is 28.8 Å². The molecule has 0 bridgehead atoms. The molecule has 0 saturated heterocycles. The fourth-order valence-electron chi connectivity index (χ4n) is 4.11. The van der Waals surface area contributed by atoms with E-state index in [4.69, 9.17) is 18.9 Å². The summed E-state index contributed by atoms with van der Waals surface area (Å²) in [6.45, 7) is 3.63. The number of carbonyl (C=O) groups is 1. The van der Waals surface area contributed by atoms with Crippen LogP contribution in [0.3, 0.4) is 0 Å². The number of methoxy groups -OCH3 is 3. The van der Waals surface area contributed by atoms with E-state index >= 15 is 0 Å². The van der Waals surface area contributed by atoms with Crippen LogP contribution in [0.1, 0.15) is 31.0 Å². The third-order valence-electron chi connectivity index (χ3n) is 5.81. The minimum atomic E-state index is -0.785. The molecule has 0 amide bonds. The van der Waals surface area contributed by atoms with Crippen molar-refractivity contribution in [2.24, 2.45) is 4.99 Å². The summed E-state index contributed by atoms with van der Waals surface area (Å²) in [5.74, 6) is 0.772. The third kappa shape index (κ3) is 4.97. The average Bonchev–Trinajstić information content (AvgIpc) is 3.18. The Morgan fingerprint density at radius 2 is 1.84 bits per heavy atom. The number of rotatable bonds is 7. The van der Waals surface area contributed by atoms with Gasteiger partial charge in [0, 0.05) is 0 Å². The van der Waals surface area contributed by atoms with Gasteiger partial charge in [0.05, 0.1) is 53.4 Å². The largest absolute Gasteiger partial charge is 0.504 e. The minimum absolute atomic E-state index is 0.0323. The molecule has 0 unspecified atom stereocenters. The molecule has 9 nitrogen and oxygen atoms in total. The molecule has 1 aromatic heterocycles. The zero-order valence-corrected chi connectivity index (χ0v) is 23.8. The van der Waals surface area contributed by atoms with Gasteiger partial charge in [-0.15, -0.1) is 0 Å². The van der Waals surface area contributed by atoms with Gasteiger partial charge >= 0.3 is 5.97 Å². The van der Waals surface area contributed by atoms with E-state index in [0.717, 1.165) is 0 Å². The first-order chi connectivity index (χ1) is 17.7. The fourth-order valence-corrected chi connectivity index (χ4v) is 5.79. The molecule has 0 saturated carbocycles. The highest BCUT2D eigenvalue weighted by Gasteiger charge is 2.34. The molecule has 194 valence electrons. The van der Waals surface area contributed by atoms with E-state index < -0.39 is 12.0 Å². The van der Waals surface area contributed by atoms with Crippen LogP contribution in [0.4, 0.5) is 0 Å². The topological polar surface area (TPSA) is 109 Å². The molecule has 1 N–H and O–H groups in total. The van der Waals surface area contributed by atoms with Gasteiger partial charge in [-0.25, -0.2) is 9.79 Å². The molecule has 0 radical (unpaired) electrons. The second-order valence-corrected chi connectivity index (χ2v) is 10.1. The molecular weight excluding hydrogens is 611 g/mol. The molecule has 37 heavy (non-hydrogen) atoms. The first-order valence-electron chi connectivity index (χ1n) is 11.2. The van der Waals surface area contributed by atoms with Gasteiger partial charge in [-0.1, -0.05) is 17.4 Å². The van der Waals surface area contributed by atoms with Crippen LogP contribution >= 0.6 is 33.9 Å². The Morgan fingerprint density at radius 1 is 1.14 bits per heavy atom. The van der Waals surface area contributed by atoms with E-state index in [0.29, 0.717) is 47.0 Å². The summed E-state index contributed by atoms with van der Waals surface area (Å²) in [6.07, 6.45) is 1.71. The molecule has 1 aliphatic rings. The van der Waals surface area contributed by atoms with E-state index in [1.807, 2.05) is 22.6 Å². The van der Waals surface area contributed by atoms with Crippen LogP contribution in [-0.2, 0) is 9.53 Å². The molecule has 1 aliphatic heterocycles. The predicted molar refractivity (Wildman–Crippen MR) is 147 cm³/mol. The van der Waals surface area contributed by atoms with Gasteiger partial charge in [0.15, 0.2) is 27.8 Å². The van der Waals surface area contributed by atoms with Crippen molar-refractivity contribution in [1.82, 2.24) is 4.57 Å². The van der Waals surface area contributed by atoms with Crippen molar-refractivity contribution in [3.8, 4) is 23.0 Å². The van der Waals surface area contributed by atoms with Crippen molar-refractivity contribution in [1.29, 1.82) is 0 Å². The van der Waals surface area contributed by atoms with Crippen molar-refractivity contribution in [2.75, 3.05) is 27.9 Å². The molecular formula is C26H25IN2O7S. The standard InChI is InChI=1S/C26H25IN2O7S/c1-6-36-25(32)21-13(2)28-26-29(22(21)15-7-8-17(33-3)18(12-15)34-4)24(31)20(37-26)11-14-9-16(27)23(30)19(10-14)35-5/h7-12,22,30H,6H2,1-5H3/b20-11-/t22-/m0/s1. The maximum atomic E-state index is 13.8. The first-order valence-corrected chi connectivity index (χ1v) is 13.1. The predicted octanol–water partition coefficient (Wildman–Crippen LogP) is 3.13. The van der Waals surface area contributed by atoms with Crippen molar-refractivity contribution in [3.05, 3.63) is 76.0 Å². The maximum absolute atomic E-state index is 13.8. The van der Waals surface area contributed by atoms with Gasteiger partial charge in [-0.2, -0.15) is 0 Å². The molecule has 4 rings (SSSR count). The number of aromatic nitrogens is 1. The number of phenols is 1. The zero-order chi connectivity index (χ0) is 26.9. The summed E-state index contributed by atoms with van der Waals surface area (Å²) in [5.41, 5.74) is 1.73. The van der Waals surface area contributed by atoms with Crippen molar-refractivity contribution in [2.45, 2.75) is 19.9 Å². The van der Waals surface area contributed by atoms with Crippen molar-refractivity contribution in [3.63, 3.8) is 0 Å². The number of carbonyl (C=O) groups excluding carboxylic acids is 1. The molecule has 11 heteroatoms. The molecule has 2 heterocycles. The van der Waals surface area contributed by atoms with Crippen LogP contribution in [0.25, 0.3) is 6.08 Å². The Balaban J connectivity index is 1.97. The van der Waals surface area contributed by atoms with E-state index in [2.05, 4.69) is 4.99 Å². The summed E-state index contributed by atoms with van der Waals surface area (Å²) >= 11 is 3.21. The van der Waals surface area contributed by atoms with E-state index in [1.165, 1.54) is 37.2 Å². The van der Waals surface area contributed by atoms with Crippen LogP contribution in [0.5, 0.6) is 23.0 Å². The lowest BCUT2D eigenvalue weighted by atomic mass is 9.95. The summed E-state index contributed by atoms with van der Waals surface area (Å²) in [6, 6.07) is 7.87. The highest BCUT2D eigenvalue weighted by molar-refractivity contribution is 14.1. The SMILES string of the molecule is CCOC(=O)C1=C(C)N=c2s/c(=C\c3cc(I)c(O)c(OC)c3)c(=O)n2[C@H]1c1ccc(OC)c(OC)c1. The number of phenolic OH excluding ortho intramolecular Hbond substituents is 1. The monoisotopic (exact) mass is 636 g/mol. The molecule has 1 atom stereocenters. The van der Waals surface area contributed by atoms with Gasteiger partial charge in [0.25, 0.3) is 5.56 Å². The van der Waals surface area contributed by atoms with Crippen LogP contribution in [0, 0.1) is 3.57 Å². The summed E-state index contributed by atoms with van der Waals surface area (Å²) in [7, 11) is 4.52. The number of esters is 1. The Bertz CT molecular complexity index is 1590. The number of thiazole rings is 1. The maximum Gasteiger partial charge on any atom is 0.338 e. The van der Waals surface area contributed by atoms with Gasteiger partial charge in [0.1, 0.15) is 0 Å². The number of fused-ring (bicyclic) bond motifs is 1. The van der Waals surface area contributed by atoms with Crippen LogP contribution in [0.15, 0.2) is 51.4 Å². The molecule has 3 aromatic rings. The molecule has 0 spiro atoms. The highest BCUT2D eigenvalue weighted by atomic mass is 127. The van der Waals surface area contributed by atoms with Crippen LogP contribution < -0.4 is 29.1 Å². The molecule has 2 aromatic carbocycles. The number of benzene rings is 2. The normalized spacial score (nSPS) is 15.2. The van der Waals surface area contributed by atoms with E-state index in [9.17, 15) is 14.7 Å². The van der Waals surface area contributed by atoms with Crippen LogP contribution in [0.2, 0.25) is 0 Å². The number of allylic oxidation sites excluding steroid dienone is 1.